The Morgan fingerprint density at radius 2 is 2.00 bits per heavy atom. The van der Waals surface area contributed by atoms with Gasteiger partial charge >= 0.3 is 0 Å². The molecule has 19 heavy (non-hydrogen) atoms. The summed E-state index contributed by atoms with van der Waals surface area (Å²) in [5, 5.41) is 4.65. The van der Waals surface area contributed by atoms with Gasteiger partial charge in [-0.25, -0.2) is 0 Å². The molecule has 6 heteroatoms. The van der Waals surface area contributed by atoms with Crippen LogP contribution in [0.1, 0.15) is 0 Å². The lowest BCUT2D eigenvalue weighted by atomic mass is 10.1. The molecule has 3 aromatic rings. The lowest BCUT2D eigenvalue weighted by Crippen LogP contribution is -1.86. The highest BCUT2D eigenvalue weighted by Crippen LogP contribution is 2.40. The topological polar surface area (TPSA) is 52.0 Å². The maximum atomic E-state index is 6.01. The molecular weight excluding hydrogens is 303 g/mol. The van der Waals surface area contributed by atoms with Crippen LogP contribution < -0.4 is 5.73 Å². The Hall–Kier alpha value is -1.49. The SMILES string of the molecule is Nc1onc(-c2ccc(Cl)s2)c1-c1cccc(Cl)c1. The third-order valence-electron chi connectivity index (χ3n) is 2.64. The van der Waals surface area contributed by atoms with Crippen LogP contribution in [0.15, 0.2) is 40.9 Å². The number of nitrogen functional groups attached to an aromatic ring is 1. The molecule has 0 spiro atoms. The molecule has 2 N–H and O–H groups in total. The second-order valence-corrected chi connectivity index (χ2v) is 6.04. The number of nitrogens with two attached hydrogens (primary N) is 1. The van der Waals surface area contributed by atoms with Crippen molar-refractivity contribution in [2.24, 2.45) is 0 Å². The highest BCUT2D eigenvalue weighted by Gasteiger charge is 2.18. The summed E-state index contributed by atoms with van der Waals surface area (Å²) in [7, 11) is 0. The maximum Gasteiger partial charge on any atom is 0.230 e. The molecule has 0 radical (unpaired) electrons. The summed E-state index contributed by atoms with van der Waals surface area (Å²) in [6, 6.07) is 11.1. The van der Waals surface area contributed by atoms with Crippen LogP contribution in [0.2, 0.25) is 9.36 Å². The molecule has 1 aromatic carbocycles. The Morgan fingerprint density at radius 3 is 2.68 bits per heavy atom. The molecule has 0 unspecified atom stereocenters. The second-order valence-electron chi connectivity index (χ2n) is 3.88. The summed E-state index contributed by atoms with van der Waals surface area (Å²) >= 11 is 13.4. The van der Waals surface area contributed by atoms with Crippen LogP contribution in [0.4, 0.5) is 5.88 Å². The highest BCUT2D eigenvalue weighted by atomic mass is 35.5. The minimum absolute atomic E-state index is 0.266. The third kappa shape index (κ3) is 2.34. The van der Waals surface area contributed by atoms with E-state index in [0.717, 1.165) is 16.0 Å². The summed E-state index contributed by atoms with van der Waals surface area (Å²) < 4.78 is 5.79. The molecule has 3 nitrogen and oxygen atoms in total. The minimum atomic E-state index is 0.266. The number of aromatic nitrogens is 1. The van der Waals surface area contributed by atoms with Crippen molar-refractivity contribution in [3.05, 3.63) is 45.8 Å². The fourth-order valence-corrected chi connectivity index (χ4v) is 3.06. The van der Waals surface area contributed by atoms with Crippen LogP contribution in [-0.2, 0) is 0 Å². The Labute approximate surface area is 123 Å². The first-order valence-electron chi connectivity index (χ1n) is 5.42. The zero-order valence-corrected chi connectivity index (χ0v) is 11.9. The standard InChI is InChI=1S/C13H8Cl2N2OS/c14-8-3-1-2-7(6-8)11-12(17-18-13(11)16)9-4-5-10(15)19-9/h1-6H,16H2. The van der Waals surface area contributed by atoms with Gasteiger partial charge in [-0.1, -0.05) is 40.5 Å². The van der Waals surface area contributed by atoms with Gasteiger partial charge in [0.1, 0.15) is 5.69 Å². The van der Waals surface area contributed by atoms with Gasteiger partial charge < -0.3 is 10.3 Å². The third-order valence-corrected chi connectivity index (χ3v) is 4.11. The smallest absolute Gasteiger partial charge is 0.230 e. The number of hydrogen-bond donors (Lipinski definition) is 1. The first kappa shape index (κ1) is 12.5. The fourth-order valence-electron chi connectivity index (χ4n) is 1.84. The molecule has 3 rings (SSSR count). The molecule has 0 saturated heterocycles. The van der Waals surface area contributed by atoms with E-state index in [1.165, 1.54) is 11.3 Å². The van der Waals surface area contributed by atoms with Gasteiger partial charge in [0, 0.05) is 5.02 Å². The molecule has 0 atom stereocenters. The van der Waals surface area contributed by atoms with E-state index in [2.05, 4.69) is 5.16 Å². The quantitative estimate of drug-likeness (QED) is 0.728. The average Bonchev–Trinajstić information content (AvgIpc) is 2.95. The fraction of sp³-hybridized carbons (Fsp3) is 0. The van der Waals surface area contributed by atoms with E-state index >= 15 is 0 Å². The van der Waals surface area contributed by atoms with Gasteiger partial charge in [0.25, 0.3) is 0 Å². The molecule has 0 saturated carbocycles. The zero-order chi connectivity index (χ0) is 13.4. The van der Waals surface area contributed by atoms with Crippen LogP contribution in [-0.4, -0.2) is 5.16 Å². The van der Waals surface area contributed by atoms with Crippen molar-refractivity contribution >= 4 is 40.4 Å². The second kappa shape index (κ2) is 4.89. The molecule has 0 aliphatic carbocycles. The summed E-state index contributed by atoms with van der Waals surface area (Å²) in [6.07, 6.45) is 0. The molecule has 0 aliphatic rings. The van der Waals surface area contributed by atoms with E-state index in [9.17, 15) is 0 Å². The van der Waals surface area contributed by atoms with E-state index in [-0.39, 0.29) is 5.88 Å². The zero-order valence-electron chi connectivity index (χ0n) is 9.56. The largest absolute Gasteiger partial charge is 0.367 e. The van der Waals surface area contributed by atoms with Crippen molar-refractivity contribution in [3.8, 4) is 21.7 Å². The van der Waals surface area contributed by atoms with Gasteiger partial charge in [-0.15, -0.1) is 11.3 Å². The van der Waals surface area contributed by atoms with Crippen molar-refractivity contribution in [2.75, 3.05) is 5.73 Å². The molecular formula is C13H8Cl2N2OS. The van der Waals surface area contributed by atoms with Gasteiger partial charge in [0.15, 0.2) is 0 Å². The predicted octanol–water partition coefficient (Wildman–Crippen LogP) is 4.96. The van der Waals surface area contributed by atoms with Crippen molar-refractivity contribution in [3.63, 3.8) is 0 Å². The first-order chi connectivity index (χ1) is 9.15. The number of rotatable bonds is 2. The van der Waals surface area contributed by atoms with Gasteiger partial charge in [0.2, 0.25) is 5.88 Å². The van der Waals surface area contributed by atoms with Gasteiger partial charge in [-0.05, 0) is 29.8 Å². The number of benzene rings is 1. The number of anilines is 1. The normalized spacial score (nSPS) is 10.8. The molecule has 0 aliphatic heterocycles. The van der Waals surface area contributed by atoms with Gasteiger partial charge in [0.05, 0.1) is 14.8 Å². The summed E-state index contributed by atoms with van der Waals surface area (Å²) in [4.78, 5) is 0.903. The number of hydrogen-bond acceptors (Lipinski definition) is 4. The molecule has 0 fully saturated rings. The Morgan fingerprint density at radius 1 is 1.16 bits per heavy atom. The Balaban J connectivity index is 2.19. The number of halogens is 2. The molecule has 0 bridgehead atoms. The molecule has 2 heterocycles. The van der Waals surface area contributed by atoms with Crippen LogP contribution >= 0.6 is 34.5 Å². The van der Waals surface area contributed by atoms with Crippen LogP contribution in [0, 0.1) is 0 Å². The van der Waals surface area contributed by atoms with Gasteiger partial charge in [-0.2, -0.15) is 0 Å². The van der Waals surface area contributed by atoms with E-state index in [4.69, 9.17) is 33.5 Å². The van der Waals surface area contributed by atoms with Gasteiger partial charge in [-0.3, -0.25) is 0 Å². The number of thiophene rings is 1. The van der Waals surface area contributed by atoms with Crippen LogP contribution in [0.25, 0.3) is 21.7 Å². The maximum absolute atomic E-state index is 6.01. The summed E-state index contributed by atoms with van der Waals surface area (Å²) in [5.74, 6) is 0.266. The predicted molar refractivity (Wildman–Crippen MR) is 79.7 cm³/mol. The van der Waals surface area contributed by atoms with Crippen molar-refractivity contribution in [1.82, 2.24) is 5.16 Å². The lowest BCUT2D eigenvalue weighted by Gasteiger charge is -2.01. The van der Waals surface area contributed by atoms with Crippen LogP contribution in [0.5, 0.6) is 0 Å². The van der Waals surface area contributed by atoms with Crippen LogP contribution in [0.3, 0.4) is 0 Å². The summed E-state index contributed by atoms with van der Waals surface area (Å²) in [5.41, 5.74) is 8.15. The van der Waals surface area contributed by atoms with E-state index in [1.807, 2.05) is 30.3 Å². The molecule has 0 amide bonds. The monoisotopic (exact) mass is 310 g/mol. The van der Waals surface area contributed by atoms with Crippen molar-refractivity contribution in [2.45, 2.75) is 0 Å². The minimum Gasteiger partial charge on any atom is -0.367 e. The first-order valence-corrected chi connectivity index (χ1v) is 6.99. The Bertz CT molecular complexity index is 736. The molecule has 2 aromatic heterocycles. The van der Waals surface area contributed by atoms with E-state index in [1.54, 1.807) is 6.07 Å². The number of nitrogens with zero attached hydrogens (tertiary/aromatic N) is 1. The Kier molecular flexibility index (Phi) is 3.22. The summed E-state index contributed by atoms with van der Waals surface area (Å²) in [6.45, 7) is 0. The average molecular weight is 311 g/mol. The van der Waals surface area contributed by atoms with Crippen molar-refractivity contribution in [1.29, 1.82) is 0 Å². The highest BCUT2D eigenvalue weighted by molar-refractivity contribution is 7.19. The lowest BCUT2D eigenvalue weighted by molar-refractivity contribution is 0.439. The molecule has 96 valence electrons. The van der Waals surface area contributed by atoms with E-state index in [0.29, 0.717) is 15.1 Å². The van der Waals surface area contributed by atoms with E-state index < -0.39 is 0 Å². The van der Waals surface area contributed by atoms with Crippen molar-refractivity contribution < 1.29 is 4.52 Å².